The quantitative estimate of drug-likeness (QED) is 0.448. The molecule has 0 aliphatic carbocycles. The molecule has 1 rings (SSSR count). The van der Waals surface area contributed by atoms with E-state index >= 15 is 0 Å². The number of nitrogens with one attached hydrogen (secondary N) is 1. The summed E-state index contributed by atoms with van der Waals surface area (Å²) in [6, 6.07) is 0. The highest BCUT2D eigenvalue weighted by Crippen LogP contribution is 2.23. The van der Waals surface area contributed by atoms with Crippen molar-refractivity contribution < 1.29 is 4.74 Å². The molecule has 1 aliphatic rings. The Hall–Kier alpha value is -0.0800. The SMILES string of the molecule is CCNCCC1O[C@@H]1C. The summed E-state index contributed by atoms with van der Waals surface area (Å²) in [5.74, 6) is 0. The van der Waals surface area contributed by atoms with E-state index < -0.39 is 0 Å². The Labute approximate surface area is 56.6 Å². The molecular weight excluding hydrogens is 114 g/mol. The lowest BCUT2D eigenvalue weighted by Gasteiger charge is -1.95. The molecule has 1 N–H and O–H groups in total. The predicted octanol–water partition coefficient (Wildman–Crippen LogP) is 0.773. The van der Waals surface area contributed by atoms with Gasteiger partial charge >= 0.3 is 0 Å². The predicted molar refractivity (Wildman–Crippen MR) is 37.5 cm³/mol. The van der Waals surface area contributed by atoms with Gasteiger partial charge in [-0.15, -0.1) is 0 Å². The second-order valence-corrected chi connectivity index (χ2v) is 2.52. The van der Waals surface area contributed by atoms with Crippen LogP contribution in [0.2, 0.25) is 0 Å². The highest BCUT2D eigenvalue weighted by molar-refractivity contribution is 4.80. The van der Waals surface area contributed by atoms with Crippen LogP contribution in [-0.4, -0.2) is 25.3 Å². The number of ether oxygens (including phenoxy) is 1. The van der Waals surface area contributed by atoms with E-state index in [0.717, 1.165) is 13.1 Å². The third-order valence-electron chi connectivity index (χ3n) is 1.69. The molecule has 0 aromatic carbocycles. The molecule has 1 aliphatic heterocycles. The van der Waals surface area contributed by atoms with Crippen molar-refractivity contribution in [2.75, 3.05) is 13.1 Å². The molecule has 0 aromatic heterocycles. The van der Waals surface area contributed by atoms with Crippen LogP contribution < -0.4 is 5.32 Å². The molecular formula is C7H15NO. The van der Waals surface area contributed by atoms with Crippen molar-refractivity contribution in [1.82, 2.24) is 5.32 Å². The Morgan fingerprint density at radius 1 is 1.56 bits per heavy atom. The van der Waals surface area contributed by atoms with Crippen LogP contribution in [0.5, 0.6) is 0 Å². The first-order valence-corrected chi connectivity index (χ1v) is 3.70. The second-order valence-electron chi connectivity index (χ2n) is 2.52. The van der Waals surface area contributed by atoms with E-state index in [0.29, 0.717) is 12.2 Å². The van der Waals surface area contributed by atoms with Gasteiger partial charge in [0.2, 0.25) is 0 Å². The zero-order valence-electron chi connectivity index (χ0n) is 6.18. The maximum Gasteiger partial charge on any atom is 0.0851 e. The van der Waals surface area contributed by atoms with Crippen molar-refractivity contribution in [2.45, 2.75) is 32.5 Å². The molecule has 1 fully saturated rings. The van der Waals surface area contributed by atoms with Crippen LogP contribution in [0.1, 0.15) is 20.3 Å². The molecule has 0 saturated carbocycles. The molecule has 0 aromatic rings. The van der Waals surface area contributed by atoms with Crippen LogP contribution >= 0.6 is 0 Å². The summed E-state index contributed by atoms with van der Waals surface area (Å²) < 4.78 is 5.22. The molecule has 2 heteroatoms. The highest BCUT2D eigenvalue weighted by atomic mass is 16.6. The lowest BCUT2D eigenvalue weighted by Crippen LogP contribution is -2.15. The Kier molecular flexibility index (Phi) is 2.49. The fraction of sp³-hybridized carbons (Fsp3) is 1.00. The lowest BCUT2D eigenvalue weighted by molar-refractivity contribution is 0.368. The monoisotopic (exact) mass is 129 g/mol. The number of epoxide rings is 1. The van der Waals surface area contributed by atoms with Gasteiger partial charge in [0.05, 0.1) is 12.2 Å². The van der Waals surface area contributed by atoms with Crippen molar-refractivity contribution in [2.24, 2.45) is 0 Å². The first-order valence-electron chi connectivity index (χ1n) is 3.70. The lowest BCUT2D eigenvalue weighted by atomic mass is 10.2. The minimum absolute atomic E-state index is 0.531. The molecule has 0 bridgehead atoms. The molecule has 0 radical (unpaired) electrons. The molecule has 54 valence electrons. The number of rotatable bonds is 4. The van der Waals surface area contributed by atoms with Gasteiger partial charge in [0.25, 0.3) is 0 Å². The Morgan fingerprint density at radius 2 is 2.22 bits per heavy atom. The van der Waals surface area contributed by atoms with Crippen molar-refractivity contribution in [3.63, 3.8) is 0 Å². The van der Waals surface area contributed by atoms with E-state index in [1.807, 2.05) is 0 Å². The second kappa shape index (κ2) is 3.18. The minimum atomic E-state index is 0.531. The van der Waals surface area contributed by atoms with Crippen LogP contribution in [0.25, 0.3) is 0 Å². The van der Waals surface area contributed by atoms with E-state index in [-0.39, 0.29) is 0 Å². The van der Waals surface area contributed by atoms with E-state index in [1.165, 1.54) is 6.42 Å². The first kappa shape index (κ1) is 7.03. The highest BCUT2D eigenvalue weighted by Gasteiger charge is 2.32. The molecule has 1 unspecified atom stereocenters. The maximum atomic E-state index is 5.22. The van der Waals surface area contributed by atoms with E-state index in [9.17, 15) is 0 Å². The van der Waals surface area contributed by atoms with Crippen LogP contribution in [-0.2, 0) is 4.74 Å². The molecule has 1 saturated heterocycles. The van der Waals surface area contributed by atoms with Gasteiger partial charge in [-0.2, -0.15) is 0 Å². The molecule has 0 amide bonds. The van der Waals surface area contributed by atoms with Crippen molar-refractivity contribution >= 4 is 0 Å². The summed E-state index contributed by atoms with van der Waals surface area (Å²) in [5, 5.41) is 3.26. The summed E-state index contributed by atoms with van der Waals surface area (Å²) in [6.07, 6.45) is 2.27. The van der Waals surface area contributed by atoms with Gasteiger partial charge in [0, 0.05) is 0 Å². The zero-order chi connectivity index (χ0) is 6.69. The summed E-state index contributed by atoms with van der Waals surface area (Å²) in [5.41, 5.74) is 0. The summed E-state index contributed by atoms with van der Waals surface area (Å²) in [7, 11) is 0. The van der Waals surface area contributed by atoms with E-state index in [1.54, 1.807) is 0 Å². The van der Waals surface area contributed by atoms with Crippen LogP contribution in [0.15, 0.2) is 0 Å². The molecule has 2 nitrogen and oxygen atoms in total. The number of hydrogen-bond acceptors (Lipinski definition) is 2. The average Bonchev–Trinajstić information content (AvgIpc) is 2.48. The van der Waals surface area contributed by atoms with E-state index in [2.05, 4.69) is 19.2 Å². The smallest absolute Gasteiger partial charge is 0.0851 e. The van der Waals surface area contributed by atoms with Crippen LogP contribution in [0.4, 0.5) is 0 Å². The van der Waals surface area contributed by atoms with Crippen molar-refractivity contribution in [3.8, 4) is 0 Å². The standard InChI is InChI=1S/C7H15NO/c1-3-8-5-4-7-6(2)9-7/h6-8H,3-5H2,1-2H3/t6-,7?/m1/s1. The van der Waals surface area contributed by atoms with Gasteiger partial charge < -0.3 is 10.1 Å². The third-order valence-corrected chi connectivity index (χ3v) is 1.69. The molecule has 0 spiro atoms. The van der Waals surface area contributed by atoms with Gasteiger partial charge in [-0.05, 0) is 26.4 Å². The van der Waals surface area contributed by atoms with Crippen molar-refractivity contribution in [1.29, 1.82) is 0 Å². The van der Waals surface area contributed by atoms with E-state index in [4.69, 9.17) is 4.74 Å². The summed E-state index contributed by atoms with van der Waals surface area (Å²) >= 11 is 0. The zero-order valence-corrected chi connectivity index (χ0v) is 6.18. The van der Waals surface area contributed by atoms with Crippen molar-refractivity contribution in [3.05, 3.63) is 0 Å². The van der Waals surface area contributed by atoms with Gasteiger partial charge in [-0.1, -0.05) is 6.92 Å². The molecule has 2 atom stereocenters. The fourth-order valence-corrected chi connectivity index (χ4v) is 0.954. The maximum absolute atomic E-state index is 5.22. The molecule has 1 heterocycles. The van der Waals surface area contributed by atoms with Crippen LogP contribution in [0, 0.1) is 0 Å². The van der Waals surface area contributed by atoms with Gasteiger partial charge in [-0.3, -0.25) is 0 Å². The third kappa shape index (κ3) is 2.33. The fourth-order valence-electron chi connectivity index (χ4n) is 0.954. The number of hydrogen-bond donors (Lipinski definition) is 1. The Balaban J connectivity index is 1.83. The average molecular weight is 129 g/mol. The normalized spacial score (nSPS) is 32.7. The summed E-state index contributed by atoms with van der Waals surface area (Å²) in [6.45, 7) is 6.42. The van der Waals surface area contributed by atoms with Crippen LogP contribution in [0.3, 0.4) is 0 Å². The molecule has 9 heavy (non-hydrogen) atoms. The van der Waals surface area contributed by atoms with Gasteiger partial charge in [-0.25, -0.2) is 0 Å². The minimum Gasteiger partial charge on any atom is -0.370 e. The topological polar surface area (TPSA) is 24.6 Å². The Bertz CT molecular complexity index is 85.0. The summed E-state index contributed by atoms with van der Waals surface area (Å²) in [4.78, 5) is 0. The Morgan fingerprint density at radius 3 is 2.67 bits per heavy atom. The van der Waals surface area contributed by atoms with Gasteiger partial charge in [0.1, 0.15) is 0 Å². The largest absolute Gasteiger partial charge is 0.370 e. The van der Waals surface area contributed by atoms with Gasteiger partial charge in [0.15, 0.2) is 0 Å². The first-order chi connectivity index (χ1) is 4.34.